The number of rotatable bonds is 2. The Kier molecular flexibility index (Phi) is 3.90. The van der Waals surface area contributed by atoms with Gasteiger partial charge in [0.15, 0.2) is 0 Å². The number of halogens is 1. The lowest BCUT2D eigenvalue weighted by atomic mass is 9.88. The smallest absolute Gasteiger partial charge is 0.216 e. The van der Waals surface area contributed by atoms with Crippen LogP contribution in [0.15, 0.2) is 0 Å². The first-order valence-electron chi connectivity index (χ1n) is 4.51. The third-order valence-corrected chi connectivity index (χ3v) is 3.21. The van der Waals surface area contributed by atoms with Crippen LogP contribution in [0.4, 0.5) is 0 Å². The molecule has 0 heterocycles. The summed E-state index contributed by atoms with van der Waals surface area (Å²) >= 11 is 3.34. The second-order valence-corrected chi connectivity index (χ2v) is 4.62. The molecule has 3 nitrogen and oxygen atoms in total. The predicted octanol–water partition coefficient (Wildman–Crippen LogP) is 1.26. The van der Waals surface area contributed by atoms with Crippen LogP contribution in [0.25, 0.3) is 0 Å². The van der Waals surface area contributed by atoms with E-state index in [2.05, 4.69) is 21.2 Å². The molecule has 74 valence electrons. The van der Waals surface area contributed by atoms with Crippen molar-refractivity contribution in [2.45, 2.75) is 31.0 Å². The molecule has 1 rings (SSSR count). The summed E-state index contributed by atoms with van der Waals surface area (Å²) in [5.74, 6) is 0.744. The van der Waals surface area contributed by atoms with E-state index in [0.717, 1.165) is 12.8 Å². The van der Waals surface area contributed by atoms with Gasteiger partial charge < -0.3 is 5.32 Å². The summed E-state index contributed by atoms with van der Waals surface area (Å²) in [5.41, 5.74) is 0. The van der Waals surface area contributed by atoms with Gasteiger partial charge in [-0.15, -0.1) is 0 Å². The molecule has 0 radical (unpaired) electrons. The van der Waals surface area contributed by atoms with Crippen molar-refractivity contribution in [2.75, 3.05) is 6.54 Å². The summed E-state index contributed by atoms with van der Waals surface area (Å²) in [6.45, 7) is 2.21. The first kappa shape index (κ1) is 10.7. The number of carbonyl (C=O) groups is 2. The summed E-state index contributed by atoms with van der Waals surface area (Å²) in [4.78, 5) is 21.8. The van der Waals surface area contributed by atoms with Crippen molar-refractivity contribution in [3.05, 3.63) is 0 Å². The highest BCUT2D eigenvalue weighted by Crippen LogP contribution is 2.25. The zero-order chi connectivity index (χ0) is 9.84. The van der Waals surface area contributed by atoms with Crippen molar-refractivity contribution in [3.8, 4) is 0 Å². The SMILES string of the molecule is CC(=O)NCC1CCC(=O)C(Br)C1. The molecule has 1 aliphatic carbocycles. The van der Waals surface area contributed by atoms with Crippen LogP contribution in [0, 0.1) is 5.92 Å². The Balaban J connectivity index is 2.29. The molecule has 0 saturated heterocycles. The number of hydrogen-bond acceptors (Lipinski definition) is 2. The average molecular weight is 248 g/mol. The van der Waals surface area contributed by atoms with E-state index in [1.54, 1.807) is 0 Å². The molecule has 0 bridgehead atoms. The fourth-order valence-corrected chi connectivity index (χ4v) is 2.28. The molecule has 0 aromatic rings. The highest BCUT2D eigenvalue weighted by molar-refractivity contribution is 9.10. The van der Waals surface area contributed by atoms with Gasteiger partial charge in [0.25, 0.3) is 0 Å². The van der Waals surface area contributed by atoms with Crippen molar-refractivity contribution >= 4 is 27.6 Å². The molecule has 0 spiro atoms. The number of amides is 1. The van der Waals surface area contributed by atoms with Crippen LogP contribution in [-0.2, 0) is 9.59 Å². The van der Waals surface area contributed by atoms with Crippen LogP contribution in [0.3, 0.4) is 0 Å². The molecule has 1 N–H and O–H groups in total. The van der Waals surface area contributed by atoms with Crippen LogP contribution in [0.2, 0.25) is 0 Å². The molecule has 13 heavy (non-hydrogen) atoms. The Morgan fingerprint density at radius 2 is 2.38 bits per heavy atom. The number of alkyl halides is 1. The molecule has 1 aliphatic rings. The van der Waals surface area contributed by atoms with Gasteiger partial charge in [0.1, 0.15) is 5.78 Å². The van der Waals surface area contributed by atoms with Crippen LogP contribution >= 0.6 is 15.9 Å². The Bertz CT molecular complexity index is 218. The Morgan fingerprint density at radius 3 is 2.92 bits per heavy atom. The quantitative estimate of drug-likeness (QED) is 0.747. The van der Waals surface area contributed by atoms with Gasteiger partial charge in [-0.2, -0.15) is 0 Å². The van der Waals surface area contributed by atoms with Crippen molar-refractivity contribution < 1.29 is 9.59 Å². The van der Waals surface area contributed by atoms with Gasteiger partial charge in [0.2, 0.25) is 5.91 Å². The van der Waals surface area contributed by atoms with E-state index < -0.39 is 0 Å². The maximum absolute atomic E-state index is 11.1. The van der Waals surface area contributed by atoms with E-state index in [0.29, 0.717) is 24.7 Å². The largest absolute Gasteiger partial charge is 0.356 e. The Hall–Kier alpha value is -0.380. The average Bonchev–Trinajstić information content (AvgIpc) is 2.07. The van der Waals surface area contributed by atoms with Crippen LogP contribution < -0.4 is 5.32 Å². The minimum absolute atomic E-state index is 0.00000756. The third-order valence-electron chi connectivity index (χ3n) is 2.33. The number of ketones is 1. The van der Waals surface area contributed by atoms with Gasteiger partial charge in [-0.3, -0.25) is 9.59 Å². The lowest BCUT2D eigenvalue weighted by Gasteiger charge is -2.24. The Labute approximate surface area is 86.4 Å². The fourth-order valence-electron chi connectivity index (χ4n) is 1.52. The van der Waals surface area contributed by atoms with Crippen molar-refractivity contribution in [3.63, 3.8) is 0 Å². The first-order valence-corrected chi connectivity index (χ1v) is 5.42. The number of hydrogen-bond donors (Lipinski definition) is 1. The van der Waals surface area contributed by atoms with Gasteiger partial charge in [-0.1, -0.05) is 15.9 Å². The molecule has 1 saturated carbocycles. The van der Waals surface area contributed by atoms with Gasteiger partial charge in [-0.25, -0.2) is 0 Å². The molecule has 2 atom stereocenters. The molecule has 1 fully saturated rings. The van der Waals surface area contributed by atoms with E-state index in [-0.39, 0.29) is 10.7 Å². The van der Waals surface area contributed by atoms with E-state index in [1.165, 1.54) is 6.92 Å². The molecular formula is C9H14BrNO2. The number of Topliss-reactive ketones (excluding diaryl/α,β-unsaturated/α-hetero) is 1. The number of nitrogens with one attached hydrogen (secondary N) is 1. The van der Waals surface area contributed by atoms with Gasteiger partial charge >= 0.3 is 0 Å². The van der Waals surface area contributed by atoms with E-state index in [9.17, 15) is 9.59 Å². The Morgan fingerprint density at radius 1 is 1.69 bits per heavy atom. The molecule has 2 unspecified atom stereocenters. The van der Waals surface area contributed by atoms with Gasteiger partial charge in [-0.05, 0) is 18.8 Å². The molecule has 4 heteroatoms. The third kappa shape index (κ3) is 3.46. The van der Waals surface area contributed by atoms with Crippen LogP contribution in [0.5, 0.6) is 0 Å². The normalized spacial score (nSPS) is 28.6. The fraction of sp³-hybridized carbons (Fsp3) is 0.778. The summed E-state index contributed by atoms with van der Waals surface area (Å²) in [5, 5.41) is 2.78. The highest BCUT2D eigenvalue weighted by Gasteiger charge is 2.26. The minimum atomic E-state index is 0.00000756. The van der Waals surface area contributed by atoms with E-state index in [1.807, 2.05) is 0 Å². The highest BCUT2D eigenvalue weighted by atomic mass is 79.9. The molecule has 1 amide bonds. The lowest BCUT2D eigenvalue weighted by molar-refractivity contribution is -0.120. The standard InChI is InChI=1S/C9H14BrNO2/c1-6(12)11-5-7-2-3-9(13)8(10)4-7/h7-8H,2-5H2,1H3,(H,11,12). The first-order chi connectivity index (χ1) is 6.09. The lowest BCUT2D eigenvalue weighted by Crippen LogP contribution is -2.33. The van der Waals surface area contributed by atoms with Crippen molar-refractivity contribution in [1.29, 1.82) is 0 Å². The molecule has 0 aromatic heterocycles. The van der Waals surface area contributed by atoms with E-state index >= 15 is 0 Å². The monoisotopic (exact) mass is 247 g/mol. The minimum Gasteiger partial charge on any atom is -0.356 e. The van der Waals surface area contributed by atoms with Crippen molar-refractivity contribution in [2.24, 2.45) is 5.92 Å². The molecule has 0 aliphatic heterocycles. The van der Waals surface area contributed by atoms with E-state index in [4.69, 9.17) is 0 Å². The summed E-state index contributed by atoms with van der Waals surface area (Å²) in [6.07, 6.45) is 2.39. The molecule has 0 aromatic carbocycles. The van der Waals surface area contributed by atoms with Crippen LogP contribution in [-0.4, -0.2) is 23.1 Å². The zero-order valence-electron chi connectivity index (χ0n) is 7.68. The maximum atomic E-state index is 11.1. The van der Waals surface area contributed by atoms with Gasteiger partial charge in [0, 0.05) is 19.9 Å². The van der Waals surface area contributed by atoms with Crippen LogP contribution in [0.1, 0.15) is 26.2 Å². The topological polar surface area (TPSA) is 46.2 Å². The zero-order valence-corrected chi connectivity index (χ0v) is 9.26. The summed E-state index contributed by atoms with van der Waals surface area (Å²) in [7, 11) is 0. The second-order valence-electron chi connectivity index (χ2n) is 3.51. The maximum Gasteiger partial charge on any atom is 0.216 e. The number of carbonyl (C=O) groups excluding carboxylic acids is 2. The predicted molar refractivity (Wildman–Crippen MR) is 53.7 cm³/mol. The second kappa shape index (κ2) is 4.74. The van der Waals surface area contributed by atoms with Crippen molar-refractivity contribution in [1.82, 2.24) is 5.32 Å². The van der Waals surface area contributed by atoms with Gasteiger partial charge in [0.05, 0.1) is 4.83 Å². The summed E-state index contributed by atoms with van der Waals surface area (Å²) in [6, 6.07) is 0. The summed E-state index contributed by atoms with van der Waals surface area (Å²) < 4.78 is 0. The molecular weight excluding hydrogens is 234 g/mol.